The van der Waals surface area contributed by atoms with Crippen LogP contribution in [-0.4, -0.2) is 5.60 Å². The van der Waals surface area contributed by atoms with Crippen molar-refractivity contribution in [1.82, 2.24) is 0 Å². The molecule has 0 unspecified atom stereocenters. The molecule has 2 heteroatoms. The summed E-state index contributed by atoms with van der Waals surface area (Å²) in [5.41, 5.74) is 1.17. The zero-order chi connectivity index (χ0) is 10.6. The van der Waals surface area contributed by atoms with Crippen LogP contribution < -0.4 is 0 Å². The van der Waals surface area contributed by atoms with Crippen LogP contribution in [0.25, 0.3) is 0 Å². The molecule has 0 saturated heterocycles. The van der Waals surface area contributed by atoms with E-state index in [0.717, 1.165) is 10.9 Å². The van der Waals surface area contributed by atoms with Crippen LogP contribution in [0.3, 0.4) is 0 Å². The largest absolute Gasteiger partial charge is 0.371 e. The Hall–Kier alpha value is -0.340. The Morgan fingerprint density at radius 3 is 2.50 bits per heavy atom. The molecule has 1 rings (SSSR count). The highest BCUT2D eigenvalue weighted by Crippen LogP contribution is 2.21. The van der Waals surface area contributed by atoms with E-state index in [2.05, 4.69) is 42.8 Å². The highest BCUT2D eigenvalue weighted by atomic mass is 79.9. The maximum atomic E-state index is 5.82. The Bertz CT molecular complexity index is 294. The van der Waals surface area contributed by atoms with E-state index in [0.29, 0.717) is 6.61 Å². The van der Waals surface area contributed by atoms with Gasteiger partial charge in [0.25, 0.3) is 0 Å². The number of hydrogen-bond donors (Lipinski definition) is 0. The van der Waals surface area contributed by atoms with Gasteiger partial charge in [0, 0.05) is 4.47 Å². The predicted molar refractivity (Wildman–Crippen MR) is 63.3 cm³/mol. The number of benzene rings is 1. The molecule has 0 heterocycles. The van der Waals surface area contributed by atoms with Crippen LogP contribution >= 0.6 is 15.9 Å². The minimum Gasteiger partial charge on any atom is -0.371 e. The van der Waals surface area contributed by atoms with E-state index < -0.39 is 0 Å². The minimum absolute atomic E-state index is 0.0325. The molecule has 1 nitrogen and oxygen atoms in total. The molecule has 0 N–H and O–H groups in total. The topological polar surface area (TPSA) is 9.23 Å². The van der Waals surface area contributed by atoms with Crippen molar-refractivity contribution >= 4 is 15.9 Å². The zero-order valence-corrected chi connectivity index (χ0v) is 10.6. The minimum atomic E-state index is -0.0325. The van der Waals surface area contributed by atoms with Crippen LogP contribution in [0.2, 0.25) is 0 Å². The van der Waals surface area contributed by atoms with Gasteiger partial charge in [-0.3, -0.25) is 0 Å². The van der Waals surface area contributed by atoms with Gasteiger partial charge in [0.1, 0.15) is 0 Å². The zero-order valence-electron chi connectivity index (χ0n) is 9.01. The summed E-state index contributed by atoms with van der Waals surface area (Å²) < 4.78 is 6.93. The summed E-state index contributed by atoms with van der Waals surface area (Å²) in [4.78, 5) is 0. The molecule has 0 amide bonds. The first-order valence-electron chi connectivity index (χ1n) is 4.92. The Balaban J connectivity index is 2.58. The molecule has 0 fully saturated rings. The molecular formula is C12H17BrO. The average molecular weight is 257 g/mol. The van der Waals surface area contributed by atoms with Gasteiger partial charge in [-0.15, -0.1) is 0 Å². The fourth-order valence-corrected chi connectivity index (χ4v) is 1.39. The number of halogens is 1. The van der Waals surface area contributed by atoms with Crippen LogP contribution in [0.4, 0.5) is 0 Å². The molecule has 14 heavy (non-hydrogen) atoms. The third-order valence-corrected chi connectivity index (χ3v) is 3.20. The van der Waals surface area contributed by atoms with E-state index in [9.17, 15) is 0 Å². The summed E-state index contributed by atoms with van der Waals surface area (Å²) in [6, 6.07) is 8.16. The van der Waals surface area contributed by atoms with Crippen LogP contribution in [-0.2, 0) is 11.3 Å². The first-order chi connectivity index (χ1) is 6.55. The Kier molecular flexibility index (Phi) is 4.14. The highest BCUT2D eigenvalue weighted by molar-refractivity contribution is 9.10. The van der Waals surface area contributed by atoms with Crippen molar-refractivity contribution in [2.45, 2.75) is 39.4 Å². The lowest BCUT2D eigenvalue weighted by atomic mass is 10.1. The lowest BCUT2D eigenvalue weighted by molar-refractivity contribution is -0.0318. The summed E-state index contributed by atoms with van der Waals surface area (Å²) in [6.07, 6.45) is 1.03. The van der Waals surface area contributed by atoms with Crippen molar-refractivity contribution in [3.8, 4) is 0 Å². The smallest absolute Gasteiger partial charge is 0.0735 e. The SMILES string of the molecule is CCC(C)(C)OCc1ccccc1Br. The standard InChI is InChI=1S/C12H17BrO/c1-4-12(2,3)14-9-10-7-5-6-8-11(10)13/h5-8H,4,9H2,1-3H3. The molecule has 0 aliphatic carbocycles. The van der Waals surface area contributed by atoms with E-state index in [1.807, 2.05) is 18.2 Å². The summed E-state index contributed by atoms with van der Waals surface area (Å²) in [7, 11) is 0. The summed E-state index contributed by atoms with van der Waals surface area (Å²) in [5.74, 6) is 0. The number of ether oxygens (including phenoxy) is 1. The molecule has 0 spiro atoms. The molecule has 78 valence electrons. The van der Waals surface area contributed by atoms with E-state index in [-0.39, 0.29) is 5.60 Å². The Labute approximate surface area is 94.6 Å². The second-order valence-corrected chi connectivity index (χ2v) is 4.85. The fraction of sp³-hybridized carbons (Fsp3) is 0.500. The maximum Gasteiger partial charge on any atom is 0.0735 e. The van der Waals surface area contributed by atoms with Crippen molar-refractivity contribution in [1.29, 1.82) is 0 Å². The Morgan fingerprint density at radius 1 is 1.29 bits per heavy atom. The highest BCUT2D eigenvalue weighted by Gasteiger charge is 2.15. The first-order valence-corrected chi connectivity index (χ1v) is 5.72. The average Bonchev–Trinajstić information content (AvgIpc) is 2.17. The molecule has 0 saturated carbocycles. The fourth-order valence-electron chi connectivity index (χ4n) is 0.991. The second-order valence-electron chi connectivity index (χ2n) is 3.99. The summed E-state index contributed by atoms with van der Waals surface area (Å²) >= 11 is 3.51. The van der Waals surface area contributed by atoms with Crippen molar-refractivity contribution < 1.29 is 4.74 Å². The van der Waals surface area contributed by atoms with Crippen molar-refractivity contribution in [3.05, 3.63) is 34.3 Å². The Morgan fingerprint density at radius 2 is 1.93 bits per heavy atom. The van der Waals surface area contributed by atoms with Gasteiger partial charge in [0.2, 0.25) is 0 Å². The molecule has 1 aromatic carbocycles. The van der Waals surface area contributed by atoms with Crippen LogP contribution in [0.1, 0.15) is 32.8 Å². The molecule has 0 aliphatic heterocycles. The monoisotopic (exact) mass is 256 g/mol. The van der Waals surface area contributed by atoms with Gasteiger partial charge in [-0.1, -0.05) is 41.1 Å². The van der Waals surface area contributed by atoms with Crippen molar-refractivity contribution in [2.24, 2.45) is 0 Å². The van der Waals surface area contributed by atoms with Crippen molar-refractivity contribution in [3.63, 3.8) is 0 Å². The molecule has 0 aliphatic rings. The lowest BCUT2D eigenvalue weighted by Crippen LogP contribution is -2.22. The maximum absolute atomic E-state index is 5.82. The first kappa shape index (κ1) is 11.7. The number of rotatable bonds is 4. The molecule has 0 radical (unpaired) electrons. The lowest BCUT2D eigenvalue weighted by Gasteiger charge is -2.23. The molecule has 0 atom stereocenters. The predicted octanol–water partition coefficient (Wildman–Crippen LogP) is 4.15. The van der Waals surface area contributed by atoms with Gasteiger partial charge < -0.3 is 4.74 Å². The number of hydrogen-bond acceptors (Lipinski definition) is 1. The third kappa shape index (κ3) is 3.43. The second kappa shape index (κ2) is 4.94. The van der Waals surface area contributed by atoms with E-state index in [1.54, 1.807) is 0 Å². The van der Waals surface area contributed by atoms with Crippen LogP contribution in [0, 0.1) is 0 Å². The molecule has 0 aromatic heterocycles. The van der Waals surface area contributed by atoms with Crippen LogP contribution in [0.15, 0.2) is 28.7 Å². The van der Waals surface area contributed by atoms with Gasteiger partial charge in [0.05, 0.1) is 12.2 Å². The third-order valence-electron chi connectivity index (χ3n) is 2.43. The van der Waals surface area contributed by atoms with Gasteiger partial charge in [0.15, 0.2) is 0 Å². The van der Waals surface area contributed by atoms with E-state index in [4.69, 9.17) is 4.74 Å². The van der Waals surface area contributed by atoms with Gasteiger partial charge >= 0.3 is 0 Å². The molecule has 1 aromatic rings. The van der Waals surface area contributed by atoms with E-state index >= 15 is 0 Å². The summed E-state index contributed by atoms with van der Waals surface area (Å²) in [5, 5.41) is 0. The van der Waals surface area contributed by atoms with E-state index in [1.165, 1.54) is 5.56 Å². The quantitative estimate of drug-likeness (QED) is 0.787. The van der Waals surface area contributed by atoms with Gasteiger partial charge in [-0.25, -0.2) is 0 Å². The van der Waals surface area contributed by atoms with Gasteiger partial charge in [-0.2, -0.15) is 0 Å². The van der Waals surface area contributed by atoms with Gasteiger partial charge in [-0.05, 0) is 31.9 Å². The summed E-state index contributed by atoms with van der Waals surface area (Å²) in [6.45, 7) is 7.04. The van der Waals surface area contributed by atoms with Crippen LogP contribution in [0.5, 0.6) is 0 Å². The van der Waals surface area contributed by atoms with Crippen molar-refractivity contribution in [2.75, 3.05) is 0 Å². The molecule has 0 bridgehead atoms. The normalized spacial score (nSPS) is 11.7. The molecular weight excluding hydrogens is 240 g/mol.